The van der Waals surface area contributed by atoms with Gasteiger partial charge in [0, 0.05) is 35.7 Å². The number of benzene rings is 1. The van der Waals surface area contributed by atoms with E-state index >= 15 is 0 Å². The molecule has 1 aromatic carbocycles. The van der Waals surface area contributed by atoms with Crippen LogP contribution in [0.25, 0.3) is 16.8 Å². The molecule has 4 rings (SSSR count). The van der Waals surface area contributed by atoms with Gasteiger partial charge in [0.1, 0.15) is 34.4 Å². The van der Waals surface area contributed by atoms with Gasteiger partial charge in [-0.3, -0.25) is 9.20 Å². The highest BCUT2D eigenvalue weighted by Gasteiger charge is 2.29. The van der Waals surface area contributed by atoms with Gasteiger partial charge in [-0.25, -0.2) is 13.8 Å². The first-order valence-corrected chi connectivity index (χ1v) is 14.2. The Balaban J connectivity index is 1.91. The quantitative estimate of drug-likeness (QED) is 0.132. The highest BCUT2D eigenvalue weighted by atomic mass is 19.4. The van der Waals surface area contributed by atoms with Gasteiger partial charge in [-0.1, -0.05) is 5.92 Å². The number of nitrogens with zero attached hydrogens (tertiary/aromatic N) is 4. The van der Waals surface area contributed by atoms with Crippen LogP contribution in [0, 0.1) is 23.5 Å². The number of fused-ring (bicyclic) bond motifs is 1. The molecule has 0 saturated heterocycles. The lowest BCUT2D eigenvalue weighted by Gasteiger charge is -2.24. The molecule has 0 aliphatic carbocycles. The summed E-state index contributed by atoms with van der Waals surface area (Å²) in [6.45, 7) is 8.13. The van der Waals surface area contributed by atoms with E-state index in [-0.39, 0.29) is 35.6 Å². The molecule has 0 radical (unpaired) electrons. The number of hydrogen-bond acceptors (Lipinski definition) is 6. The van der Waals surface area contributed by atoms with Gasteiger partial charge in [0.15, 0.2) is 5.65 Å². The average molecular weight is 629 g/mol. The molecule has 0 spiro atoms. The Morgan fingerprint density at radius 2 is 1.69 bits per heavy atom. The van der Waals surface area contributed by atoms with Crippen molar-refractivity contribution in [1.29, 1.82) is 0 Å². The van der Waals surface area contributed by atoms with E-state index in [0.717, 1.165) is 18.2 Å². The molecule has 0 fully saturated rings. The molecule has 7 nitrogen and oxygen atoms in total. The fraction of sp³-hybridized carbons (Fsp3) is 0.394. The molecular formula is C33H33F5N4O3. The van der Waals surface area contributed by atoms with Crippen molar-refractivity contribution in [1.82, 2.24) is 19.6 Å². The number of hydrogen-bond donors (Lipinski definition) is 1. The lowest BCUT2D eigenvalue weighted by molar-refractivity contribution is -0.155. The zero-order valence-corrected chi connectivity index (χ0v) is 25.5. The number of alkyl halides is 3. The van der Waals surface area contributed by atoms with Crippen LogP contribution in [0.2, 0.25) is 0 Å². The summed E-state index contributed by atoms with van der Waals surface area (Å²) < 4.78 is 74.4. The lowest BCUT2D eigenvalue weighted by atomic mass is 9.88. The van der Waals surface area contributed by atoms with Crippen LogP contribution >= 0.6 is 0 Å². The minimum Gasteiger partial charge on any atom is -0.460 e. The minimum absolute atomic E-state index is 0.0249. The van der Waals surface area contributed by atoms with Crippen molar-refractivity contribution in [3.8, 4) is 23.0 Å². The van der Waals surface area contributed by atoms with Crippen LogP contribution in [0.15, 0.2) is 48.7 Å². The topological polar surface area (TPSA) is 89.6 Å². The first-order chi connectivity index (χ1) is 20.9. The third-order valence-corrected chi connectivity index (χ3v) is 6.47. The van der Waals surface area contributed by atoms with E-state index in [1.165, 1.54) is 18.2 Å². The summed E-state index contributed by atoms with van der Waals surface area (Å²) in [7, 11) is 0. The van der Waals surface area contributed by atoms with Gasteiger partial charge < -0.3 is 9.84 Å². The van der Waals surface area contributed by atoms with Crippen molar-refractivity contribution in [3.05, 3.63) is 83.1 Å². The van der Waals surface area contributed by atoms with Crippen LogP contribution in [0.5, 0.6) is 0 Å². The average Bonchev–Trinajstić information content (AvgIpc) is 3.31. The number of ether oxygens (including phenoxy) is 1. The van der Waals surface area contributed by atoms with Gasteiger partial charge in [0.25, 0.3) is 0 Å². The third-order valence-electron chi connectivity index (χ3n) is 6.47. The predicted molar refractivity (Wildman–Crippen MR) is 157 cm³/mol. The maximum Gasteiger partial charge on any atom is 0.389 e. The van der Waals surface area contributed by atoms with Crippen LogP contribution in [0.3, 0.4) is 0 Å². The minimum atomic E-state index is -4.38. The summed E-state index contributed by atoms with van der Waals surface area (Å²) in [6.07, 6.45) is -4.56. The van der Waals surface area contributed by atoms with E-state index in [2.05, 4.69) is 22.0 Å². The van der Waals surface area contributed by atoms with Gasteiger partial charge in [0.05, 0.1) is 18.5 Å². The van der Waals surface area contributed by atoms with E-state index in [4.69, 9.17) is 9.72 Å². The molecule has 0 aliphatic heterocycles. The van der Waals surface area contributed by atoms with E-state index in [1.54, 1.807) is 51.2 Å². The second kappa shape index (κ2) is 12.9. The van der Waals surface area contributed by atoms with Crippen molar-refractivity contribution in [2.24, 2.45) is 0 Å². The predicted octanol–water partition coefficient (Wildman–Crippen LogP) is 6.74. The molecule has 238 valence electrons. The van der Waals surface area contributed by atoms with Crippen molar-refractivity contribution in [2.45, 2.75) is 83.6 Å². The van der Waals surface area contributed by atoms with Gasteiger partial charge in [-0.05, 0) is 88.9 Å². The number of aryl methyl sites for hydroxylation is 1. The number of carbonyl (C=O) groups excluding carboxylic acids is 1. The molecule has 0 aliphatic rings. The fourth-order valence-corrected chi connectivity index (χ4v) is 4.76. The van der Waals surface area contributed by atoms with E-state index < -0.39 is 53.7 Å². The second-order valence-corrected chi connectivity index (χ2v) is 12.3. The molecule has 0 saturated carbocycles. The molecule has 1 atom stereocenters. The van der Waals surface area contributed by atoms with E-state index in [9.17, 15) is 31.9 Å². The zero-order valence-electron chi connectivity index (χ0n) is 25.5. The van der Waals surface area contributed by atoms with E-state index in [0.29, 0.717) is 16.8 Å². The van der Waals surface area contributed by atoms with Gasteiger partial charge in [-0.2, -0.15) is 13.2 Å². The Morgan fingerprint density at radius 3 is 2.31 bits per heavy atom. The number of esters is 1. The Hall–Kier alpha value is -4.37. The summed E-state index contributed by atoms with van der Waals surface area (Å²) in [5.41, 5.74) is -0.186. The molecule has 45 heavy (non-hydrogen) atoms. The first-order valence-electron chi connectivity index (χ1n) is 14.2. The van der Waals surface area contributed by atoms with Crippen LogP contribution < -0.4 is 0 Å². The number of aromatic nitrogens is 4. The molecular weight excluding hydrogens is 595 g/mol. The molecule has 1 N–H and O–H groups in total. The summed E-state index contributed by atoms with van der Waals surface area (Å²) in [4.78, 5) is 17.9. The first kappa shape index (κ1) is 33.5. The molecule has 0 bridgehead atoms. The highest BCUT2D eigenvalue weighted by Crippen LogP contribution is 2.35. The SMILES string of the molecule is CC(C)(O)C#Cc1ccc(-c2cccn3c(CCC(F)(F)F)nnc23)c([C@@H](CC(=O)OC(C)(C)C)Cc2cc(F)cc(F)c2)n1. The fourth-order valence-electron chi connectivity index (χ4n) is 4.76. The largest absolute Gasteiger partial charge is 0.460 e. The summed E-state index contributed by atoms with van der Waals surface area (Å²) >= 11 is 0. The van der Waals surface area contributed by atoms with Crippen molar-refractivity contribution < 1.29 is 36.6 Å². The number of rotatable bonds is 8. The van der Waals surface area contributed by atoms with Crippen LogP contribution in [-0.2, 0) is 22.4 Å². The smallest absolute Gasteiger partial charge is 0.389 e. The monoisotopic (exact) mass is 628 g/mol. The zero-order chi connectivity index (χ0) is 33.2. The second-order valence-electron chi connectivity index (χ2n) is 12.3. The van der Waals surface area contributed by atoms with Gasteiger partial charge >= 0.3 is 12.1 Å². The maximum absolute atomic E-state index is 14.2. The third kappa shape index (κ3) is 9.56. The number of aliphatic hydroxyl groups is 1. The van der Waals surface area contributed by atoms with Crippen LogP contribution in [-0.4, -0.2) is 48.0 Å². The van der Waals surface area contributed by atoms with E-state index in [1.807, 2.05) is 0 Å². The normalized spacial score (nSPS) is 13.0. The Bertz CT molecular complexity index is 1740. The lowest BCUT2D eigenvalue weighted by Crippen LogP contribution is -2.25. The van der Waals surface area contributed by atoms with Gasteiger partial charge in [-0.15, -0.1) is 10.2 Å². The molecule has 4 aromatic rings. The molecule has 3 heterocycles. The molecule has 0 unspecified atom stereocenters. The number of carbonyl (C=O) groups is 1. The Kier molecular flexibility index (Phi) is 9.63. The Morgan fingerprint density at radius 1 is 1.00 bits per heavy atom. The van der Waals surface area contributed by atoms with Crippen molar-refractivity contribution in [2.75, 3.05) is 0 Å². The molecule has 3 aromatic heterocycles. The standard InChI is InChI=1S/C33H33F5N4O3/c1-31(2,3)45-28(43)18-21(15-20-16-22(34)19-23(35)17-20)29-25(9-8-24(39-29)10-12-32(4,5)44)26-7-6-14-42-27(40-41-30(26)42)11-13-33(36,37)38/h6-9,14,16-17,19,21,44H,11,13,15,18H2,1-5H3/t21-/m1/s1. The van der Waals surface area contributed by atoms with Crippen molar-refractivity contribution >= 4 is 11.6 Å². The molecule has 0 amide bonds. The Labute approximate surface area is 257 Å². The van der Waals surface area contributed by atoms with Gasteiger partial charge in [0.2, 0.25) is 0 Å². The maximum atomic E-state index is 14.2. The number of pyridine rings is 2. The van der Waals surface area contributed by atoms with Crippen LogP contribution in [0.1, 0.15) is 76.2 Å². The van der Waals surface area contributed by atoms with Crippen LogP contribution in [0.4, 0.5) is 22.0 Å². The summed E-state index contributed by atoms with van der Waals surface area (Å²) in [5, 5.41) is 18.3. The number of halogens is 5. The molecule has 12 heteroatoms. The van der Waals surface area contributed by atoms with Crippen molar-refractivity contribution in [3.63, 3.8) is 0 Å². The summed E-state index contributed by atoms with van der Waals surface area (Å²) in [6, 6.07) is 9.64. The summed E-state index contributed by atoms with van der Waals surface area (Å²) in [5.74, 6) is 2.65. The highest BCUT2D eigenvalue weighted by molar-refractivity contribution is 5.80.